The minimum absolute atomic E-state index is 0.0316. The summed E-state index contributed by atoms with van der Waals surface area (Å²) < 4.78 is 64.4. The molecule has 3 aromatic rings. The van der Waals surface area contributed by atoms with Crippen LogP contribution in [0.25, 0.3) is 0 Å². The number of carboxylic acid groups (broad SMARTS) is 1. The van der Waals surface area contributed by atoms with Crippen LogP contribution in [0.15, 0.2) is 88.4 Å². The number of anilines is 2. The first-order chi connectivity index (χ1) is 23.0. The van der Waals surface area contributed by atoms with Crippen molar-refractivity contribution in [1.29, 1.82) is 0 Å². The van der Waals surface area contributed by atoms with Crippen molar-refractivity contribution in [2.75, 3.05) is 29.4 Å². The van der Waals surface area contributed by atoms with E-state index < -0.39 is 49.9 Å². The van der Waals surface area contributed by atoms with Crippen LogP contribution in [0, 0.1) is 33.1 Å². The minimum atomic E-state index is -4.36. The zero-order valence-electron chi connectivity index (χ0n) is 28.3. The molecule has 0 spiro atoms. The third-order valence-electron chi connectivity index (χ3n) is 9.03. The number of rotatable bonds is 11. The van der Waals surface area contributed by atoms with Crippen LogP contribution >= 0.6 is 0 Å². The molecule has 1 heterocycles. The topological polar surface area (TPSA) is 150 Å². The van der Waals surface area contributed by atoms with E-state index in [4.69, 9.17) is 4.74 Å². The van der Waals surface area contributed by atoms with Gasteiger partial charge in [0.2, 0.25) is 0 Å². The number of allylic oxidation sites excluding steroid dienone is 3. The van der Waals surface area contributed by atoms with Gasteiger partial charge in [0.15, 0.2) is 0 Å². The van der Waals surface area contributed by atoms with Crippen molar-refractivity contribution < 1.29 is 36.3 Å². The molecule has 5 rings (SSSR count). The summed E-state index contributed by atoms with van der Waals surface area (Å²) >= 11 is 0. The number of hydrogen-bond acceptors (Lipinski definition) is 8. The Morgan fingerprint density at radius 2 is 1.67 bits per heavy atom. The predicted octanol–water partition coefficient (Wildman–Crippen LogP) is 4.93. The highest BCUT2D eigenvalue weighted by atomic mass is 32.2. The molecule has 2 atom stereocenters. The van der Waals surface area contributed by atoms with Gasteiger partial charge >= 0.3 is 5.97 Å². The number of methoxy groups -OCH3 is 1. The van der Waals surface area contributed by atoms with Gasteiger partial charge in [-0.25, -0.2) is 21.6 Å². The largest absolute Gasteiger partial charge is 0.501 e. The summed E-state index contributed by atoms with van der Waals surface area (Å²) in [6.07, 6.45) is 5.92. The van der Waals surface area contributed by atoms with Gasteiger partial charge in [-0.1, -0.05) is 55.0 Å². The van der Waals surface area contributed by atoms with Gasteiger partial charge in [-0.15, -0.1) is 0 Å². The Balaban J connectivity index is 1.63. The average molecular weight is 708 g/mol. The summed E-state index contributed by atoms with van der Waals surface area (Å²) in [5, 5.41) is 9.92. The molecule has 0 radical (unpaired) electrons. The number of aliphatic carboxylic acids is 1. The Morgan fingerprint density at radius 3 is 2.31 bits per heavy atom. The van der Waals surface area contributed by atoms with E-state index in [0.717, 1.165) is 9.87 Å². The van der Waals surface area contributed by atoms with Gasteiger partial charge in [-0.05, 0) is 81.1 Å². The lowest BCUT2D eigenvalue weighted by Crippen LogP contribution is -2.56. The summed E-state index contributed by atoms with van der Waals surface area (Å²) in [5.41, 5.74) is 2.81. The van der Waals surface area contributed by atoms with Gasteiger partial charge in [0.25, 0.3) is 26.0 Å². The molecular formula is C36H41N3O8S2. The van der Waals surface area contributed by atoms with Gasteiger partial charge in [-0.2, -0.15) is 0 Å². The lowest BCUT2D eigenvalue weighted by molar-refractivity contribution is -0.135. The molecule has 2 unspecified atom stereocenters. The Morgan fingerprint density at radius 1 is 1.00 bits per heavy atom. The maximum atomic E-state index is 14.3. The molecule has 1 aliphatic carbocycles. The second-order valence-corrected chi connectivity index (χ2v) is 16.4. The van der Waals surface area contributed by atoms with Crippen molar-refractivity contribution in [1.82, 2.24) is 4.72 Å². The highest BCUT2D eigenvalue weighted by Crippen LogP contribution is 2.45. The van der Waals surface area contributed by atoms with E-state index in [9.17, 15) is 31.5 Å². The van der Waals surface area contributed by atoms with Crippen LogP contribution < -0.4 is 13.9 Å². The van der Waals surface area contributed by atoms with Crippen LogP contribution in [-0.2, 0) is 40.8 Å². The number of nitrogens with zero attached hydrogens (tertiary/aromatic N) is 2. The van der Waals surface area contributed by atoms with Crippen LogP contribution in [-0.4, -0.2) is 60.1 Å². The van der Waals surface area contributed by atoms with Gasteiger partial charge in [0, 0.05) is 29.6 Å². The fourth-order valence-corrected chi connectivity index (χ4v) is 10.0. The van der Waals surface area contributed by atoms with Gasteiger partial charge in [-0.3, -0.25) is 13.9 Å². The van der Waals surface area contributed by atoms with Crippen LogP contribution in [0.2, 0.25) is 0 Å². The molecule has 0 saturated heterocycles. The molecule has 260 valence electrons. The van der Waals surface area contributed by atoms with Crippen molar-refractivity contribution in [3.05, 3.63) is 106 Å². The van der Waals surface area contributed by atoms with Crippen molar-refractivity contribution in [2.24, 2.45) is 5.41 Å². The number of carbonyl (C=O) groups is 2. The molecule has 1 amide bonds. The second kappa shape index (κ2) is 13.4. The zero-order chi connectivity index (χ0) is 35.9. The highest BCUT2D eigenvalue weighted by Gasteiger charge is 2.47. The molecule has 0 aromatic heterocycles. The maximum Gasteiger partial charge on any atom is 0.324 e. The molecule has 0 fully saturated rings. The summed E-state index contributed by atoms with van der Waals surface area (Å²) in [6, 6.07) is 13.5. The van der Waals surface area contributed by atoms with Crippen LogP contribution in [0.3, 0.4) is 0 Å². The Labute approximate surface area is 288 Å². The van der Waals surface area contributed by atoms with Gasteiger partial charge in [0.05, 0.1) is 28.3 Å². The number of carbonyl (C=O) groups excluding carboxylic acids is 1. The number of sulfonamides is 2. The van der Waals surface area contributed by atoms with Crippen molar-refractivity contribution in [3.8, 4) is 0 Å². The molecule has 49 heavy (non-hydrogen) atoms. The zero-order valence-corrected chi connectivity index (χ0v) is 30.0. The third-order valence-corrected chi connectivity index (χ3v) is 12.4. The second-order valence-electron chi connectivity index (χ2n) is 12.9. The quantitative estimate of drug-likeness (QED) is 0.283. The third kappa shape index (κ3) is 6.95. The molecule has 1 aliphatic heterocycles. The van der Waals surface area contributed by atoms with Crippen molar-refractivity contribution in [3.63, 3.8) is 0 Å². The van der Waals surface area contributed by atoms with E-state index in [2.05, 4.69) is 4.72 Å². The molecular weight excluding hydrogens is 667 g/mol. The number of fused-ring (bicyclic) bond motifs is 1. The number of amides is 1. The van der Waals surface area contributed by atoms with Crippen molar-refractivity contribution in [2.45, 2.75) is 63.3 Å². The minimum Gasteiger partial charge on any atom is -0.501 e. The summed E-state index contributed by atoms with van der Waals surface area (Å²) in [7, 11) is -7.11. The van der Waals surface area contributed by atoms with Crippen molar-refractivity contribution >= 4 is 43.3 Å². The van der Waals surface area contributed by atoms with Gasteiger partial charge < -0.3 is 14.7 Å². The highest BCUT2D eigenvalue weighted by molar-refractivity contribution is 7.93. The first kappa shape index (κ1) is 35.7. The monoisotopic (exact) mass is 707 g/mol. The summed E-state index contributed by atoms with van der Waals surface area (Å²) in [5.74, 6) is -1.51. The Bertz CT molecular complexity index is 2080. The number of nitrogens with one attached hydrogen (secondary N) is 1. The SMILES string of the molecule is COC1=CC=CC(C)(C(C(=O)NS(=O)(=O)c2cccc(C)c2)N2CCc3c2cccc3N(CC(=O)O)S(=O)(=O)c2c(C)cc(C)cc2C)C1. The molecule has 0 bridgehead atoms. The molecule has 13 heteroatoms. The molecule has 11 nitrogen and oxygen atoms in total. The van der Waals surface area contributed by atoms with E-state index in [0.29, 0.717) is 33.7 Å². The lowest BCUT2D eigenvalue weighted by atomic mass is 9.75. The van der Waals surface area contributed by atoms with Crippen LogP contribution in [0.4, 0.5) is 11.4 Å². The Kier molecular flexibility index (Phi) is 9.73. The number of ether oxygens (including phenoxy) is 1. The van der Waals surface area contributed by atoms with E-state index >= 15 is 0 Å². The van der Waals surface area contributed by atoms with E-state index in [1.54, 1.807) is 80.3 Å². The number of hydrogen-bond donors (Lipinski definition) is 2. The molecule has 2 aliphatic rings. The number of benzene rings is 3. The normalized spacial score (nSPS) is 18.0. The number of aryl methyl sites for hydroxylation is 4. The maximum absolute atomic E-state index is 14.3. The molecule has 0 saturated carbocycles. The molecule has 3 aromatic carbocycles. The first-order valence-corrected chi connectivity index (χ1v) is 18.7. The predicted molar refractivity (Wildman–Crippen MR) is 188 cm³/mol. The summed E-state index contributed by atoms with van der Waals surface area (Å²) in [4.78, 5) is 28.2. The average Bonchev–Trinajstić information content (AvgIpc) is 3.42. The van der Waals surface area contributed by atoms with E-state index in [1.165, 1.54) is 19.2 Å². The van der Waals surface area contributed by atoms with E-state index in [-0.39, 0.29) is 34.9 Å². The fourth-order valence-electron chi connectivity index (χ4n) is 7.07. The van der Waals surface area contributed by atoms with Crippen LogP contribution in [0.1, 0.15) is 41.2 Å². The molecule has 2 N–H and O–H groups in total. The van der Waals surface area contributed by atoms with E-state index in [1.807, 2.05) is 19.9 Å². The fraction of sp³-hybridized carbons (Fsp3) is 0.333. The van der Waals surface area contributed by atoms with Gasteiger partial charge in [0.1, 0.15) is 12.6 Å². The number of carboxylic acids is 1. The standard InChI is InChI=1S/C36H41N3O8S2/c1-23-10-7-12-28(20-23)48(43,44)37-35(42)34(36(5)16-9-11-27(21-36)47-6)38-17-15-29-30(38)13-8-14-31(29)39(22-32(40)41)49(45,46)33-25(3)18-24(2)19-26(33)4/h7-14,16,18-20,34H,15,17,21-22H2,1-6H3,(H,37,42)(H,40,41). The smallest absolute Gasteiger partial charge is 0.324 e. The summed E-state index contributed by atoms with van der Waals surface area (Å²) in [6.45, 7) is 8.21. The van der Waals surface area contributed by atoms with Crippen LogP contribution in [0.5, 0.6) is 0 Å². The Hall–Kier alpha value is -4.62. The lowest BCUT2D eigenvalue weighted by Gasteiger charge is -2.42. The first-order valence-electron chi connectivity index (χ1n) is 15.7.